The van der Waals surface area contributed by atoms with Crippen LogP contribution in [0.4, 0.5) is 5.69 Å². The molecule has 7 heteroatoms. The molecule has 0 N–H and O–H groups in total. The summed E-state index contributed by atoms with van der Waals surface area (Å²) in [7, 11) is 1.67. The summed E-state index contributed by atoms with van der Waals surface area (Å²) in [4.78, 5) is 14.8. The molecule has 1 aromatic heterocycles. The van der Waals surface area contributed by atoms with Crippen LogP contribution < -0.4 is 9.64 Å². The van der Waals surface area contributed by atoms with Crippen LogP contribution in [0.1, 0.15) is 37.1 Å². The van der Waals surface area contributed by atoms with E-state index in [0.29, 0.717) is 5.75 Å². The zero-order chi connectivity index (χ0) is 17.9. The number of rotatable bonds is 4. The first kappa shape index (κ1) is 17.4. The predicted octanol–water partition coefficient (Wildman–Crippen LogP) is 3.08. The Hall–Kier alpha value is -2.02. The number of thioether (sulfide) groups is 1. The standard InChI is InChI=1S/C19H24N4O2S/c1-25-15-8-9-16-14(12-15)6-5-11-22(16)18(24)13-26-19-21-20-17-7-3-2-4-10-23(17)19/h8-9,12H,2-7,10-11,13H2,1H3. The van der Waals surface area contributed by atoms with Crippen molar-refractivity contribution in [3.05, 3.63) is 29.6 Å². The van der Waals surface area contributed by atoms with E-state index >= 15 is 0 Å². The first-order chi connectivity index (χ1) is 12.8. The van der Waals surface area contributed by atoms with Crippen LogP contribution in [0.15, 0.2) is 23.4 Å². The van der Waals surface area contributed by atoms with Crippen LogP contribution in [0.2, 0.25) is 0 Å². The Morgan fingerprint density at radius 1 is 1.15 bits per heavy atom. The van der Waals surface area contributed by atoms with Gasteiger partial charge in [0.2, 0.25) is 5.91 Å². The van der Waals surface area contributed by atoms with Crippen molar-refractivity contribution < 1.29 is 9.53 Å². The van der Waals surface area contributed by atoms with Gasteiger partial charge in [-0.1, -0.05) is 18.2 Å². The van der Waals surface area contributed by atoms with Crippen LogP contribution in [-0.4, -0.2) is 40.1 Å². The number of amides is 1. The summed E-state index contributed by atoms with van der Waals surface area (Å²) < 4.78 is 7.50. The molecule has 0 spiro atoms. The topological polar surface area (TPSA) is 60.2 Å². The van der Waals surface area contributed by atoms with E-state index < -0.39 is 0 Å². The molecular formula is C19H24N4O2S. The number of hydrogen-bond donors (Lipinski definition) is 0. The maximum absolute atomic E-state index is 12.9. The Kier molecular flexibility index (Phi) is 5.15. The number of benzene rings is 1. The third kappa shape index (κ3) is 3.45. The fourth-order valence-electron chi connectivity index (χ4n) is 3.73. The third-order valence-electron chi connectivity index (χ3n) is 5.11. The number of carbonyl (C=O) groups is 1. The monoisotopic (exact) mass is 372 g/mol. The van der Waals surface area contributed by atoms with Crippen LogP contribution >= 0.6 is 11.8 Å². The number of aromatic nitrogens is 3. The number of hydrogen-bond acceptors (Lipinski definition) is 5. The maximum Gasteiger partial charge on any atom is 0.237 e. The molecule has 0 aliphatic carbocycles. The van der Waals surface area contributed by atoms with Crippen LogP contribution in [0.25, 0.3) is 0 Å². The zero-order valence-electron chi connectivity index (χ0n) is 15.1. The van der Waals surface area contributed by atoms with Gasteiger partial charge in [-0.15, -0.1) is 10.2 Å². The van der Waals surface area contributed by atoms with Gasteiger partial charge >= 0.3 is 0 Å². The van der Waals surface area contributed by atoms with Crippen LogP contribution in [0.5, 0.6) is 5.75 Å². The lowest BCUT2D eigenvalue weighted by Crippen LogP contribution is -2.36. The van der Waals surface area contributed by atoms with E-state index in [2.05, 4.69) is 14.8 Å². The van der Waals surface area contributed by atoms with Crippen LogP contribution in [0, 0.1) is 0 Å². The number of carbonyl (C=O) groups excluding carboxylic acids is 1. The lowest BCUT2D eigenvalue weighted by atomic mass is 10.0. The summed E-state index contributed by atoms with van der Waals surface area (Å²) in [6.45, 7) is 1.74. The van der Waals surface area contributed by atoms with Gasteiger partial charge in [-0.2, -0.15) is 0 Å². The molecule has 4 rings (SSSR count). The highest BCUT2D eigenvalue weighted by molar-refractivity contribution is 7.99. The Bertz CT molecular complexity index is 805. The molecule has 0 saturated heterocycles. The molecule has 138 valence electrons. The van der Waals surface area contributed by atoms with E-state index in [1.807, 2.05) is 23.1 Å². The number of methoxy groups -OCH3 is 1. The minimum Gasteiger partial charge on any atom is -0.497 e. The normalized spacial score (nSPS) is 16.6. The van der Waals surface area contributed by atoms with E-state index in [0.717, 1.165) is 61.2 Å². The second-order valence-corrected chi connectivity index (χ2v) is 7.74. The van der Waals surface area contributed by atoms with Crippen molar-refractivity contribution in [1.29, 1.82) is 0 Å². The number of anilines is 1. The molecule has 1 amide bonds. The molecule has 6 nitrogen and oxygen atoms in total. The summed E-state index contributed by atoms with van der Waals surface area (Å²) in [5.74, 6) is 2.43. The number of fused-ring (bicyclic) bond motifs is 2. The lowest BCUT2D eigenvalue weighted by molar-refractivity contribution is -0.116. The third-order valence-corrected chi connectivity index (χ3v) is 6.06. The summed E-state index contributed by atoms with van der Waals surface area (Å²) in [5.41, 5.74) is 2.20. The largest absolute Gasteiger partial charge is 0.497 e. The van der Waals surface area contributed by atoms with Crippen molar-refractivity contribution in [3.63, 3.8) is 0 Å². The molecular weight excluding hydrogens is 348 g/mol. The highest BCUT2D eigenvalue weighted by atomic mass is 32.2. The first-order valence-electron chi connectivity index (χ1n) is 9.28. The fourth-order valence-corrected chi connectivity index (χ4v) is 4.59. The highest BCUT2D eigenvalue weighted by Crippen LogP contribution is 2.31. The molecule has 0 atom stereocenters. The van der Waals surface area contributed by atoms with Crippen molar-refractivity contribution in [2.45, 2.75) is 50.2 Å². The van der Waals surface area contributed by atoms with Crippen molar-refractivity contribution in [2.24, 2.45) is 0 Å². The number of ether oxygens (including phenoxy) is 1. The summed E-state index contributed by atoms with van der Waals surface area (Å²) in [6.07, 6.45) is 6.53. The molecule has 0 bridgehead atoms. The second-order valence-electron chi connectivity index (χ2n) is 6.79. The van der Waals surface area contributed by atoms with Crippen LogP contribution in [-0.2, 0) is 24.2 Å². The average Bonchev–Trinajstić information content (AvgIpc) is 2.91. The van der Waals surface area contributed by atoms with E-state index in [1.165, 1.54) is 30.2 Å². The van der Waals surface area contributed by atoms with E-state index in [-0.39, 0.29) is 5.91 Å². The summed E-state index contributed by atoms with van der Waals surface area (Å²) >= 11 is 1.51. The summed E-state index contributed by atoms with van der Waals surface area (Å²) in [5, 5.41) is 9.50. The maximum atomic E-state index is 12.9. The molecule has 3 heterocycles. The number of aryl methyl sites for hydroxylation is 2. The minimum atomic E-state index is 0.132. The first-order valence-corrected chi connectivity index (χ1v) is 10.3. The van der Waals surface area contributed by atoms with Gasteiger partial charge in [0.1, 0.15) is 11.6 Å². The molecule has 26 heavy (non-hydrogen) atoms. The Balaban J connectivity index is 1.46. The van der Waals surface area contributed by atoms with Crippen molar-refractivity contribution in [2.75, 3.05) is 24.3 Å². The second kappa shape index (κ2) is 7.70. The summed E-state index contributed by atoms with van der Waals surface area (Å²) in [6, 6.07) is 5.97. The molecule has 2 aliphatic rings. The van der Waals surface area contributed by atoms with Gasteiger partial charge in [0.15, 0.2) is 5.16 Å². The van der Waals surface area contributed by atoms with Gasteiger partial charge < -0.3 is 14.2 Å². The van der Waals surface area contributed by atoms with Gasteiger partial charge in [0, 0.05) is 25.2 Å². The van der Waals surface area contributed by atoms with Crippen molar-refractivity contribution in [3.8, 4) is 5.75 Å². The number of nitrogens with zero attached hydrogens (tertiary/aromatic N) is 4. The van der Waals surface area contributed by atoms with E-state index in [9.17, 15) is 4.79 Å². The molecule has 2 aliphatic heterocycles. The highest BCUT2D eigenvalue weighted by Gasteiger charge is 2.24. The van der Waals surface area contributed by atoms with Gasteiger partial charge in [-0.3, -0.25) is 4.79 Å². The Morgan fingerprint density at radius 3 is 2.96 bits per heavy atom. The van der Waals surface area contributed by atoms with Gasteiger partial charge in [0.25, 0.3) is 0 Å². The minimum absolute atomic E-state index is 0.132. The van der Waals surface area contributed by atoms with E-state index in [1.54, 1.807) is 7.11 Å². The Morgan fingerprint density at radius 2 is 2.08 bits per heavy atom. The van der Waals surface area contributed by atoms with Gasteiger partial charge in [0.05, 0.1) is 12.9 Å². The van der Waals surface area contributed by atoms with Gasteiger partial charge in [-0.05, 0) is 49.4 Å². The van der Waals surface area contributed by atoms with Gasteiger partial charge in [-0.25, -0.2) is 0 Å². The van der Waals surface area contributed by atoms with Crippen molar-refractivity contribution in [1.82, 2.24) is 14.8 Å². The average molecular weight is 372 g/mol. The molecule has 1 aromatic carbocycles. The molecule has 2 aromatic rings. The van der Waals surface area contributed by atoms with E-state index in [4.69, 9.17) is 4.74 Å². The quantitative estimate of drug-likeness (QED) is 0.772. The predicted molar refractivity (Wildman–Crippen MR) is 102 cm³/mol. The molecule has 0 radical (unpaired) electrons. The lowest BCUT2D eigenvalue weighted by Gasteiger charge is -2.29. The fraction of sp³-hybridized carbons (Fsp3) is 0.526. The molecule has 0 fully saturated rings. The SMILES string of the molecule is COc1ccc2c(c1)CCCN2C(=O)CSc1nnc2n1CCCCC2. The smallest absolute Gasteiger partial charge is 0.237 e. The molecule has 0 unspecified atom stereocenters. The van der Waals surface area contributed by atoms with Crippen molar-refractivity contribution >= 4 is 23.4 Å². The Labute approximate surface area is 157 Å². The zero-order valence-corrected chi connectivity index (χ0v) is 15.9. The molecule has 0 saturated carbocycles. The van der Waals surface area contributed by atoms with Crippen LogP contribution in [0.3, 0.4) is 0 Å².